The Labute approximate surface area is 188 Å². The molecule has 9 nitrogen and oxygen atoms in total. The molecular formula is C23H22FN5O4. The van der Waals surface area contributed by atoms with E-state index in [9.17, 15) is 14.3 Å². The van der Waals surface area contributed by atoms with Crippen molar-refractivity contribution in [2.45, 2.75) is 19.4 Å². The minimum Gasteiger partial charge on any atom is -0.497 e. The van der Waals surface area contributed by atoms with Gasteiger partial charge in [-0.2, -0.15) is 0 Å². The second-order valence-corrected chi connectivity index (χ2v) is 7.42. The molecule has 3 aromatic rings. The molecule has 1 aliphatic rings. The number of ether oxygens (including phenoxy) is 1. The van der Waals surface area contributed by atoms with Crippen LogP contribution in [0, 0.1) is 12.7 Å². The lowest BCUT2D eigenvalue weighted by Crippen LogP contribution is -2.10. The Morgan fingerprint density at radius 3 is 2.79 bits per heavy atom. The minimum absolute atomic E-state index is 0.177. The molecular weight excluding hydrogens is 429 g/mol. The molecule has 0 saturated heterocycles. The zero-order valence-corrected chi connectivity index (χ0v) is 18.0. The van der Waals surface area contributed by atoms with Gasteiger partial charge in [-0.05, 0) is 31.2 Å². The summed E-state index contributed by atoms with van der Waals surface area (Å²) in [6, 6.07) is 9.22. The number of benzene rings is 2. The number of hydrogen-bond acceptors (Lipinski definition) is 7. The Kier molecular flexibility index (Phi) is 6.29. The van der Waals surface area contributed by atoms with E-state index < -0.39 is 17.8 Å². The number of aliphatic carboxylic acids is 1. The van der Waals surface area contributed by atoms with Gasteiger partial charge in [-0.15, -0.1) is 10.2 Å². The quantitative estimate of drug-likeness (QED) is 0.472. The molecule has 4 rings (SSSR count). The summed E-state index contributed by atoms with van der Waals surface area (Å²) < 4.78 is 22.1. The molecule has 0 spiro atoms. The van der Waals surface area contributed by atoms with E-state index in [1.807, 2.05) is 11.5 Å². The number of carbonyl (C=O) groups is 1. The summed E-state index contributed by atoms with van der Waals surface area (Å²) in [4.78, 5) is 16.3. The molecule has 3 N–H and O–H groups in total. The summed E-state index contributed by atoms with van der Waals surface area (Å²) in [7, 11) is 1.54. The van der Waals surface area contributed by atoms with Gasteiger partial charge in [-0.25, -0.2) is 9.87 Å². The maximum atomic E-state index is 14.9. The van der Waals surface area contributed by atoms with Crippen LogP contribution in [-0.2, 0) is 4.79 Å². The van der Waals surface area contributed by atoms with Gasteiger partial charge >= 0.3 is 5.97 Å². The number of fused-ring (bicyclic) bond motifs is 3. The van der Waals surface area contributed by atoms with Crippen LogP contribution >= 0.6 is 0 Å². The summed E-state index contributed by atoms with van der Waals surface area (Å²) in [6.45, 7) is 1.95. The number of aromatic nitrogens is 3. The number of halogens is 1. The molecule has 10 heteroatoms. The fourth-order valence-corrected chi connectivity index (χ4v) is 3.78. The fourth-order valence-electron chi connectivity index (χ4n) is 3.78. The third kappa shape index (κ3) is 4.38. The molecule has 1 aliphatic heterocycles. The summed E-state index contributed by atoms with van der Waals surface area (Å²) >= 11 is 0. The Hall–Kier alpha value is -3.89. The molecule has 2 heterocycles. The van der Waals surface area contributed by atoms with Gasteiger partial charge in [0.05, 0.1) is 24.9 Å². The van der Waals surface area contributed by atoms with Crippen LogP contribution in [0.1, 0.15) is 40.8 Å². The van der Waals surface area contributed by atoms with Crippen molar-refractivity contribution in [3.8, 4) is 11.4 Å². The zero-order chi connectivity index (χ0) is 23.5. The highest BCUT2D eigenvalue weighted by molar-refractivity contribution is 6.15. The van der Waals surface area contributed by atoms with Crippen LogP contribution in [0.15, 0.2) is 47.5 Å². The van der Waals surface area contributed by atoms with Crippen molar-refractivity contribution in [1.82, 2.24) is 20.2 Å². The molecule has 1 aromatic heterocycles. The smallest absolute Gasteiger partial charge is 0.306 e. The van der Waals surface area contributed by atoms with E-state index in [-0.39, 0.29) is 13.0 Å². The van der Waals surface area contributed by atoms with E-state index in [1.54, 1.807) is 55.0 Å². The number of nitrogens with one attached hydrogen (secondary N) is 1. The maximum Gasteiger partial charge on any atom is 0.306 e. The van der Waals surface area contributed by atoms with Crippen LogP contribution in [0.4, 0.5) is 4.39 Å². The van der Waals surface area contributed by atoms with Crippen LogP contribution in [0.5, 0.6) is 5.75 Å². The maximum absolute atomic E-state index is 14.9. The SMILES string of the molecule is COc1ccc2c(c1)C(c1ccc(/C=C/CNO)c(F)c1)=N[C@@H](CC(=O)O)c1nnc(C)n1-2. The summed E-state index contributed by atoms with van der Waals surface area (Å²) in [6.07, 6.45) is 2.83. The van der Waals surface area contributed by atoms with Crippen molar-refractivity contribution in [3.05, 3.63) is 76.6 Å². The number of nitrogens with zero attached hydrogens (tertiary/aromatic N) is 4. The number of rotatable bonds is 7. The van der Waals surface area contributed by atoms with Gasteiger partial charge in [-0.1, -0.05) is 24.3 Å². The number of methoxy groups -OCH3 is 1. The Morgan fingerprint density at radius 1 is 1.27 bits per heavy atom. The van der Waals surface area contributed by atoms with Crippen molar-refractivity contribution >= 4 is 17.8 Å². The second-order valence-electron chi connectivity index (χ2n) is 7.42. The van der Waals surface area contributed by atoms with Crippen molar-refractivity contribution < 1.29 is 24.2 Å². The molecule has 0 saturated carbocycles. The topological polar surface area (TPSA) is 122 Å². The van der Waals surface area contributed by atoms with E-state index in [2.05, 4.69) is 10.2 Å². The molecule has 0 unspecified atom stereocenters. The van der Waals surface area contributed by atoms with Crippen molar-refractivity contribution in [1.29, 1.82) is 0 Å². The first kappa shape index (κ1) is 22.3. The van der Waals surface area contributed by atoms with Gasteiger partial charge in [0, 0.05) is 23.2 Å². The van der Waals surface area contributed by atoms with Crippen molar-refractivity contribution in [2.24, 2.45) is 4.99 Å². The highest BCUT2D eigenvalue weighted by atomic mass is 19.1. The van der Waals surface area contributed by atoms with E-state index >= 15 is 0 Å². The van der Waals surface area contributed by atoms with E-state index in [0.717, 1.165) is 0 Å². The number of hydroxylamine groups is 1. The fraction of sp³-hybridized carbons (Fsp3) is 0.217. The summed E-state index contributed by atoms with van der Waals surface area (Å²) in [5.74, 6) is 0.0219. The van der Waals surface area contributed by atoms with Crippen LogP contribution in [-0.4, -0.2) is 50.4 Å². The van der Waals surface area contributed by atoms with E-state index in [0.29, 0.717) is 45.5 Å². The largest absolute Gasteiger partial charge is 0.497 e. The van der Waals surface area contributed by atoms with Gasteiger partial charge in [0.25, 0.3) is 0 Å². The van der Waals surface area contributed by atoms with Gasteiger partial charge in [0.1, 0.15) is 23.4 Å². The average Bonchev–Trinajstić information content (AvgIpc) is 3.12. The Balaban J connectivity index is 1.92. The predicted octanol–water partition coefficient (Wildman–Crippen LogP) is 3.08. The number of carboxylic acids is 1. The molecule has 0 aliphatic carbocycles. The monoisotopic (exact) mass is 451 g/mol. The lowest BCUT2D eigenvalue weighted by Gasteiger charge is -2.14. The van der Waals surface area contributed by atoms with Crippen LogP contribution in [0.2, 0.25) is 0 Å². The van der Waals surface area contributed by atoms with Gasteiger partial charge in [-0.3, -0.25) is 14.4 Å². The van der Waals surface area contributed by atoms with Crippen LogP contribution in [0.25, 0.3) is 11.8 Å². The van der Waals surface area contributed by atoms with Crippen molar-refractivity contribution in [2.75, 3.05) is 13.7 Å². The number of aliphatic imine (C=N–C) groups is 1. The molecule has 2 aromatic carbocycles. The molecule has 170 valence electrons. The predicted molar refractivity (Wildman–Crippen MR) is 119 cm³/mol. The number of hydrogen-bond donors (Lipinski definition) is 3. The van der Waals surface area contributed by atoms with Crippen LogP contribution < -0.4 is 10.2 Å². The lowest BCUT2D eigenvalue weighted by molar-refractivity contribution is -0.137. The highest BCUT2D eigenvalue weighted by Crippen LogP contribution is 2.34. The average molecular weight is 451 g/mol. The molecule has 33 heavy (non-hydrogen) atoms. The molecule has 0 fully saturated rings. The second kappa shape index (κ2) is 9.31. The summed E-state index contributed by atoms with van der Waals surface area (Å²) in [5, 5.41) is 26.5. The Morgan fingerprint density at radius 2 is 2.09 bits per heavy atom. The van der Waals surface area contributed by atoms with Crippen LogP contribution in [0.3, 0.4) is 0 Å². The number of aryl methyl sites for hydroxylation is 1. The Bertz CT molecular complexity index is 1270. The van der Waals surface area contributed by atoms with Crippen molar-refractivity contribution in [3.63, 3.8) is 0 Å². The molecule has 1 atom stereocenters. The van der Waals surface area contributed by atoms with Gasteiger partial charge in [0.2, 0.25) is 0 Å². The zero-order valence-electron chi connectivity index (χ0n) is 18.0. The summed E-state index contributed by atoms with van der Waals surface area (Å²) in [5.41, 5.74) is 4.55. The molecule has 0 bridgehead atoms. The third-order valence-corrected chi connectivity index (χ3v) is 5.28. The van der Waals surface area contributed by atoms with Gasteiger partial charge < -0.3 is 15.1 Å². The third-order valence-electron chi connectivity index (χ3n) is 5.28. The standard InChI is InChI=1S/C23H22FN5O4/c1-13-27-28-23-19(12-21(30)31)26-22(17-11-16(33-2)7-8-20(17)29(13)23)15-6-5-14(18(24)10-15)4-3-9-25-32/h3-8,10-11,19,25,32H,9,12H2,1-2H3,(H,30,31)/b4-3+/t19-/m0/s1. The highest BCUT2D eigenvalue weighted by Gasteiger charge is 2.30. The number of carboxylic acid groups (broad SMARTS) is 1. The normalized spacial score (nSPS) is 15.0. The minimum atomic E-state index is -1.04. The van der Waals surface area contributed by atoms with Gasteiger partial charge in [0.15, 0.2) is 5.82 Å². The molecule has 0 radical (unpaired) electrons. The van der Waals surface area contributed by atoms with E-state index in [1.165, 1.54) is 6.07 Å². The molecule has 0 amide bonds. The first-order valence-electron chi connectivity index (χ1n) is 10.2. The van der Waals surface area contributed by atoms with E-state index in [4.69, 9.17) is 14.9 Å². The first-order chi connectivity index (χ1) is 15.9. The lowest BCUT2D eigenvalue weighted by atomic mass is 9.98. The first-order valence-corrected chi connectivity index (χ1v) is 10.2.